The Morgan fingerprint density at radius 3 is 2.72 bits per heavy atom. The summed E-state index contributed by atoms with van der Waals surface area (Å²) in [6.07, 6.45) is 2.01. The largest absolute Gasteiger partial charge is 0.465 e. The number of carbonyl (C=O) groups is 3. The lowest BCUT2D eigenvalue weighted by atomic mass is 10.0. The Hall–Kier alpha value is -2.52. The van der Waals surface area contributed by atoms with Crippen molar-refractivity contribution in [2.75, 3.05) is 31.8 Å². The van der Waals surface area contributed by atoms with Crippen LogP contribution >= 0.6 is 23.1 Å². The third-order valence-electron chi connectivity index (χ3n) is 4.55. The van der Waals surface area contributed by atoms with E-state index in [1.165, 1.54) is 30.2 Å². The number of rotatable bonds is 5. The molecular formula is C20H22N2O5S2. The van der Waals surface area contributed by atoms with Crippen molar-refractivity contribution >= 4 is 46.1 Å². The van der Waals surface area contributed by atoms with Gasteiger partial charge < -0.3 is 19.7 Å². The summed E-state index contributed by atoms with van der Waals surface area (Å²) >= 11 is 2.77. The predicted molar refractivity (Wildman–Crippen MR) is 113 cm³/mol. The number of esters is 1. The van der Waals surface area contributed by atoms with Gasteiger partial charge in [0.2, 0.25) is 0 Å². The zero-order chi connectivity index (χ0) is 21.0. The molecule has 0 spiro atoms. The molecule has 1 aliphatic rings. The van der Waals surface area contributed by atoms with Crippen molar-refractivity contribution in [3.8, 4) is 0 Å². The van der Waals surface area contributed by atoms with Gasteiger partial charge >= 0.3 is 12.1 Å². The quantitative estimate of drug-likeness (QED) is 0.565. The zero-order valence-corrected chi connectivity index (χ0v) is 18.1. The van der Waals surface area contributed by atoms with Crippen LogP contribution in [0.2, 0.25) is 0 Å². The average molecular weight is 435 g/mol. The lowest BCUT2D eigenvalue weighted by molar-refractivity contribution is 0.0600. The van der Waals surface area contributed by atoms with E-state index in [1.54, 1.807) is 24.0 Å². The van der Waals surface area contributed by atoms with E-state index < -0.39 is 5.97 Å². The summed E-state index contributed by atoms with van der Waals surface area (Å²) in [4.78, 5) is 40.7. The maximum Gasteiger partial charge on any atom is 0.410 e. The number of fused-ring (bicyclic) bond motifs is 1. The van der Waals surface area contributed by atoms with E-state index >= 15 is 0 Å². The van der Waals surface area contributed by atoms with Gasteiger partial charge in [-0.05, 0) is 37.3 Å². The Labute approximate surface area is 177 Å². The summed E-state index contributed by atoms with van der Waals surface area (Å²) in [5.41, 5.74) is 1.72. The van der Waals surface area contributed by atoms with Gasteiger partial charge in [0.05, 0.1) is 31.4 Å². The highest BCUT2D eigenvalue weighted by Gasteiger charge is 2.31. The zero-order valence-electron chi connectivity index (χ0n) is 16.4. The Morgan fingerprint density at radius 2 is 2.03 bits per heavy atom. The van der Waals surface area contributed by atoms with Crippen LogP contribution in [-0.4, -0.2) is 49.4 Å². The number of methoxy groups -OCH3 is 1. The molecule has 9 heteroatoms. The van der Waals surface area contributed by atoms with E-state index in [4.69, 9.17) is 9.47 Å². The van der Waals surface area contributed by atoms with E-state index in [9.17, 15) is 14.4 Å². The second-order valence-electron chi connectivity index (χ2n) is 6.22. The molecule has 1 N–H and O–H groups in total. The Morgan fingerprint density at radius 1 is 1.28 bits per heavy atom. The molecule has 154 valence electrons. The number of benzene rings is 1. The van der Waals surface area contributed by atoms with Gasteiger partial charge in [-0.1, -0.05) is 12.1 Å². The number of thiophene rings is 1. The number of nitrogens with zero attached hydrogens (tertiary/aromatic N) is 1. The van der Waals surface area contributed by atoms with Crippen LogP contribution in [0.3, 0.4) is 0 Å². The van der Waals surface area contributed by atoms with Crippen molar-refractivity contribution in [2.24, 2.45) is 0 Å². The highest BCUT2D eigenvalue weighted by atomic mass is 32.2. The highest BCUT2D eigenvalue weighted by Crippen LogP contribution is 2.38. The molecule has 1 aliphatic heterocycles. The molecule has 1 aromatic carbocycles. The topological polar surface area (TPSA) is 84.9 Å². The predicted octanol–water partition coefficient (Wildman–Crippen LogP) is 4.02. The third kappa shape index (κ3) is 4.40. The van der Waals surface area contributed by atoms with Gasteiger partial charge in [-0.25, -0.2) is 9.59 Å². The molecule has 7 nitrogen and oxygen atoms in total. The fourth-order valence-electron chi connectivity index (χ4n) is 3.18. The molecule has 2 heterocycles. The maximum atomic E-state index is 12.9. The van der Waals surface area contributed by atoms with Gasteiger partial charge in [0.15, 0.2) is 0 Å². The molecule has 0 saturated carbocycles. The molecule has 0 atom stereocenters. The standard InChI is InChI=1S/C20H22N2O5S2/c1-4-27-20(25)22-10-9-12-15(11-22)29-18(16(12)19(24)26-2)21-17(23)13-7-5-6-8-14(13)28-3/h5-8H,4,9-11H2,1-3H3,(H,21,23). The van der Waals surface area contributed by atoms with Crippen LogP contribution in [0.15, 0.2) is 29.2 Å². The first kappa shape index (κ1) is 21.2. The van der Waals surface area contributed by atoms with Gasteiger partial charge in [0.1, 0.15) is 5.00 Å². The second-order valence-corrected chi connectivity index (χ2v) is 8.18. The number of amides is 2. The first-order valence-electron chi connectivity index (χ1n) is 9.09. The van der Waals surface area contributed by atoms with Gasteiger partial charge in [0, 0.05) is 16.3 Å². The van der Waals surface area contributed by atoms with E-state index in [-0.39, 0.29) is 12.0 Å². The number of hydrogen-bond acceptors (Lipinski definition) is 7. The summed E-state index contributed by atoms with van der Waals surface area (Å²) < 4.78 is 10.0. The Balaban J connectivity index is 1.92. The van der Waals surface area contributed by atoms with Crippen molar-refractivity contribution in [3.63, 3.8) is 0 Å². The lowest BCUT2D eigenvalue weighted by Gasteiger charge is -2.26. The van der Waals surface area contributed by atoms with E-state index in [0.717, 1.165) is 15.3 Å². The van der Waals surface area contributed by atoms with Gasteiger partial charge in [0.25, 0.3) is 5.91 Å². The van der Waals surface area contributed by atoms with Crippen LogP contribution in [0.1, 0.15) is 38.1 Å². The molecule has 0 unspecified atom stereocenters. The minimum Gasteiger partial charge on any atom is -0.465 e. The first-order chi connectivity index (χ1) is 14.0. The Kier molecular flexibility index (Phi) is 6.81. The number of nitrogens with one attached hydrogen (secondary N) is 1. The van der Waals surface area contributed by atoms with Crippen LogP contribution in [0, 0.1) is 0 Å². The van der Waals surface area contributed by atoms with E-state index in [1.807, 2.05) is 18.4 Å². The number of anilines is 1. The van der Waals surface area contributed by atoms with Crippen molar-refractivity contribution in [3.05, 3.63) is 45.8 Å². The van der Waals surface area contributed by atoms with Crippen LogP contribution in [0.25, 0.3) is 0 Å². The van der Waals surface area contributed by atoms with Crippen LogP contribution < -0.4 is 5.32 Å². The molecule has 0 fully saturated rings. The van der Waals surface area contributed by atoms with Crippen LogP contribution in [-0.2, 0) is 22.4 Å². The molecule has 2 amide bonds. The Bertz CT molecular complexity index is 941. The van der Waals surface area contributed by atoms with E-state index in [0.29, 0.717) is 42.2 Å². The number of ether oxygens (including phenoxy) is 2. The molecule has 0 aliphatic carbocycles. The van der Waals surface area contributed by atoms with Gasteiger partial charge in [-0.15, -0.1) is 23.1 Å². The molecule has 0 saturated heterocycles. The maximum absolute atomic E-state index is 12.9. The van der Waals surface area contributed by atoms with Crippen molar-refractivity contribution in [1.82, 2.24) is 4.90 Å². The van der Waals surface area contributed by atoms with E-state index in [2.05, 4.69) is 5.32 Å². The molecular weight excluding hydrogens is 412 g/mol. The van der Waals surface area contributed by atoms with Crippen LogP contribution in [0.4, 0.5) is 9.80 Å². The van der Waals surface area contributed by atoms with Gasteiger partial charge in [-0.3, -0.25) is 4.79 Å². The van der Waals surface area contributed by atoms with Crippen molar-refractivity contribution < 1.29 is 23.9 Å². The normalized spacial score (nSPS) is 12.9. The van der Waals surface area contributed by atoms with Crippen LogP contribution in [0.5, 0.6) is 0 Å². The second kappa shape index (κ2) is 9.32. The molecule has 29 heavy (non-hydrogen) atoms. The smallest absolute Gasteiger partial charge is 0.410 e. The molecule has 3 rings (SSSR count). The molecule has 0 bridgehead atoms. The minimum absolute atomic E-state index is 0.291. The first-order valence-corrected chi connectivity index (χ1v) is 11.1. The number of thioether (sulfide) groups is 1. The van der Waals surface area contributed by atoms with Crippen molar-refractivity contribution in [2.45, 2.75) is 24.8 Å². The molecule has 0 radical (unpaired) electrons. The monoisotopic (exact) mass is 434 g/mol. The molecule has 1 aromatic heterocycles. The lowest BCUT2D eigenvalue weighted by Crippen LogP contribution is -2.36. The SMILES string of the molecule is CCOC(=O)N1CCc2c(sc(NC(=O)c3ccccc3SC)c2C(=O)OC)C1. The number of hydrogen-bond donors (Lipinski definition) is 1. The summed E-state index contributed by atoms with van der Waals surface area (Å²) in [7, 11) is 1.31. The summed E-state index contributed by atoms with van der Waals surface area (Å²) in [6, 6.07) is 7.29. The fraction of sp³-hybridized carbons (Fsp3) is 0.350. The third-order valence-corrected chi connectivity index (χ3v) is 6.48. The molecule has 2 aromatic rings. The fourth-order valence-corrected chi connectivity index (χ4v) is 5.02. The summed E-state index contributed by atoms with van der Waals surface area (Å²) in [5.74, 6) is -0.790. The van der Waals surface area contributed by atoms with Gasteiger partial charge in [-0.2, -0.15) is 0 Å². The number of carbonyl (C=O) groups excluding carboxylic acids is 3. The van der Waals surface area contributed by atoms with Crippen molar-refractivity contribution in [1.29, 1.82) is 0 Å². The highest BCUT2D eigenvalue weighted by molar-refractivity contribution is 7.98. The summed E-state index contributed by atoms with van der Waals surface area (Å²) in [5, 5.41) is 3.31. The summed E-state index contributed by atoms with van der Waals surface area (Å²) in [6.45, 7) is 2.83. The minimum atomic E-state index is -0.500. The average Bonchev–Trinajstić information content (AvgIpc) is 3.10.